The molecular formula is C25H28N4O. The largest absolute Gasteiger partial charge is 0.372 e. The molecule has 0 fully saturated rings. The van der Waals surface area contributed by atoms with Crippen LogP contribution in [0.1, 0.15) is 45.7 Å². The van der Waals surface area contributed by atoms with Gasteiger partial charge in [-0.25, -0.2) is 0 Å². The number of aliphatic imine (C=N–C) groups is 1. The number of hydrogen-bond acceptors (Lipinski definition) is 4. The lowest BCUT2D eigenvalue weighted by atomic mass is 9.82. The molecule has 2 aromatic rings. The fraction of sp³-hybridized carbons (Fsp3) is 0.320. The molecule has 0 atom stereocenters. The van der Waals surface area contributed by atoms with Crippen LogP contribution in [-0.2, 0) is 10.2 Å². The first-order valence-corrected chi connectivity index (χ1v) is 10.3. The van der Waals surface area contributed by atoms with E-state index >= 15 is 0 Å². The van der Waals surface area contributed by atoms with E-state index in [1.807, 2.05) is 55.5 Å². The highest BCUT2D eigenvalue weighted by Gasteiger charge is 2.32. The maximum atomic E-state index is 12.7. The maximum Gasteiger partial charge on any atom is 0.266 e. The number of benzene rings is 2. The van der Waals surface area contributed by atoms with Crippen LogP contribution in [0, 0.1) is 11.3 Å². The van der Waals surface area contributed by atoms with E-state index in [1.54, 1.807) is 6.08 Å². The summed E-state index contributed by atoms with van der Waals surface area (Å²) in [4.78, 5) is 19.5. The number of nitrogens with one attached hydrogen (secondary N) is 1. The number of anilines is 2. The minimum Gasteiger partial charge on any atom is -0.372 e. The number of fused-ring (bicyclic) bond motifs is 1. The molecule has 0 bridgehead atoms. The monoisotopic (exact) mass is 400 g/mol. The number of rotatable bonds is 6. The summed E-state index contributed by atoms with van der Waals surface area (Å²) < 4.78 is 0. The first-order valence-electron chi connectivity index (χ1n) is 10.3. The molecule has 0 saturated carbocycles. The van der Waals surface area contributed by atoms with Gasteiger partial charge in [0.15, 0.2) is 0 Å². The molecule has 0 radical (unpaired) electrons. The Kier molecular flexibility index (Phi) is 6.07. The van der Waals surface area contributed by atoms with Crippen molar-refractivity contribution < 1.29 is 4.79 Å². The Morgan fingerprint density at radius 3 is 2.43 bits per heavy atom. The lowest BCUT2D eigenvalue weighted by Gasteiger charge is -2.21. The van der Waals surface area contributed by atoms with E-state index in [-0.39, 0.29) is 11.0 Å². The van der Waals surface area contributed by atoms with Crippen LogP contribution >= 0.6 is 0 Å². The van der Waals surface area contributed by atoms with Crippen molar-refractivity contribution in [1.29, 1.82) is 5.26 Å². The Hall–Kier alpha value is -3.39. The van der Waals surface area contributed by atoms with Gasteiger partial charge in [0.25, 0.3) is 5.91 Å². The first kappa shape index (κ1) is 21.3. The molecule has 3 rings (SSSR count). The molecule has 1 aliphatic rings. The van der Waals surface area contributed by atoms with Gasteiger partial charge in [-0.1, -0.05) is 26.0 Å². The smallest absolute Gasteiger partial charge is 0.266 e. The van der Waals surface area contributed by atoms with Gasteiger partial charge in [-0.3, -0.25) is 9.79 Å². The van der Waals surface area contributed by atoms with E-state index in [9.17, 15) is 10.1 Å². The number of nitriles is 1. The molecule has 5 heteroatoms. The zero-order valence-corrected chi connectivity index (χ0v) is 18.3. The summed E-state index contributed by atoms with van der Waals surface area (Å²) in [5.74, 6) is -0.418. The van der Waals surface area contributed by atoms with Crippen LogP contribution < -0.4 is 10.2 Å². The van der Waals surface area contributed by atoms with Gasteiger partial charge in [0.05, 0.1) is 5.69 Å². The topological polar surface area (TPSA) is 68.5 Å². The maximum absolute atomic E-state index is 12.7. The van der Waals surface area contributed by atoms with Crippen LogP contribution in [0.3, 0.4) is 0 Å². The second-order valence-electron chi connectivity index (χ2n) is 7.94. The molecule has 1 aliphatic heterocycles. The molecule has 0 spiro atoms. The lowest BCUT2D eigenvalue weighted by Crippen LogP contribution is -2.23. The molecule has 0 saturated heterocycles. The predicted octanol–water partition coefficient (Wildman–Crippen LogP) is 5.46. The third kappa shape index (κ3) is 4.13. The van der Waals surface area contributed by atoms with Crippen LogP contribution in [0.2, 0.25) is 0 Å². The van der Waals surface area contributed by atoms with Crippen molar-refractivity contribution in [3.8, 4) is 6.07 Å². The Labute approximate surface area is 178 Å². The van der Waals surface area contributed by atoms with Gasteiger partial charge >= 0.3 is 0 Å². The number of carbonyl (C=O) groups excluding carboxylic acids is 1. The Bertz CT molecular complexity index is 1050. The summed E-state index contributed by atoms with van der Waals surface area (Å²) in [5, 5.41) is 12.4. The highest BCUT2D eigenvalue weighted by atomic mass is 16.1. The lowest BCUT2D eigenvalue weighted by molar-refractivity contribution is -0.112. The molecule has 2 aromatic carbocycles. The molecule has 1 heterocycles. The Morgan fingerprint density at radius 1 is 1.17 bits per heavy atom. The highest BCUT2D eigenvalue weighted by Crippen LogP contribution is 2.41. The number of nitrogens with zero attached hydrogens (tertiary/aromatic N) is 3. The fourth-order valence-electron chi connectivity index (χ4n) is 3.61. The number of amides is 1. The SMILES string of the molecule is CCN(CC)c1ccc(/C=C(\C#N)C(=O)Nc2ccc3c(c2)C(C)(C)C(C)=N3)cc1. The molecule has 0 aromatic heterocycles. The number of hydrogen-bond donors (Lipinski definition) is 1. The number of carbonyl (C=O) groups is 1. The predicted molar refractivity (Wildman–Crippen MR) is 124 cm³/mol. The molecule has 154 valence electrons. The van der Waals surface area contributed by atoms with Gasteiger partial charge < -0.3 is 10.2 Å². The van der Waals surface area contributed by atoms with Crippen molar-refractivity contribution in [2.24, 2.45) is 4.99 Å². The molecule has 1 N–H and O–H groups in total. The van der Waals surface area contributed by atoms with Crippen LogP contribution in [-0.4, -0.2) is 24.7 Å². The van der Waals surface area contributed by atoms with Gasteiger partial charge in [0, 0.05) is 35.6 Å². The van der Waals surface area contributed by atoms with E-state index in [0.29, 0.717) is 5.69 Å². The minimum atomic E-state index is -0.418. The molecule has 1 amide bonds. The van der Waals surface area contributed by atoms with Gasteiger partial charge in [-0.05, 0) is 68.3 Å². The van der Waals surface area contributed by atoms with Gasteiger partial charge in [-0.2, -0.15) is 5.26 Å². The molecule has 0 unspecified atom stereocenters. The second kappa shape index (κ2) is 8.54. The van der Waals surface area contributed by atoms with Gasteiger partial charge in [0.2, 0.25) is 0 Å². The summed E-state index contributed by atoms with van der Waals surface area (Å²) in [6.45, 7) is 12.3. The normalized spacial score (nSPS) is 14.5. The first-order chi connectivity index (χ1) is 14.3. The average molecular weight is 401 g/mol. The van der Waals surface area contributed by atoms with Crippen molar-refractivity contribution >= 4 is 34.8 Å². The van der Waals surface area contributed by atoms with Gasteiger partial charge in [-0.15, -0.1) is 0 Å². The Balaban J connectivity index is 1.78. The summed E-state index contributed by atoms with van der Waals surface area (Å²) in [7, 11) is 0. The quantitative estimate of drug-likeness (QED) is 0.517. The van der Waals surface area contributed by atoms with Crippen LogP contribution in [0.15, 0.2) is 53.0 Å². The molecule has 30 heavy (non-hydrogen) atoms. The summed E-state index contributed by atoms with van der Waals surface area (Å²) in [5.41, 5.74) is 5.55. The van der Waals surface area contributed by atoms with Crippen molar-refractivity contribution in [3.63, 3.8) is 0 Å². The second-order valence-corrected chi connectivity index (χ2v) is 7.94. The third-order valence-corrected chi connectivity index (χ3v) is 5.82. The van der Waals surface area contributed by atoms with Crippen molar-refractivity contribution in [2.75, 3.05) is 23.3 Å². The van der Waals surface area contributed by atoms with E-state index in [2.05, 4.69) is 42.9 Å². The van der Waals surface area contributed by atoms with Gasteiger partial charge in [0.1, 0.15) is 11.6 Å². The van der Waals surface area contributed by atoms with E-state index in [4.69, 9.17) is 0 Å². The standard InChI is InChI=1S/C25H28N4O/c1-6-29(7-2)21-11-8-18(9-12-21)14-19(16-26)24(30)28-20-10-13-23-22(15-20)25(4,5)17(3)27-23/h8-15H,6-7H2,1-5H3,(H,28,30)/b19-14+. The van der Waals surface area contributed by atoms with E-state index in [1.165, 1.54) is 0 Å². The van der Waals surface area contributed by atoms with Crippen LogP contribution in [0.4, 0.5) is 17.1 Å². The molecule has 5 nitrogen and oxygen atoms in total. The van der Waals surface area contributed by atoms with Crippen molar-refractivity contribution in [2.45, 2.75) is 40.0 Å². The zero-order chi connectivity index (χ0) is 21.9. The van der Waals surface area contributed by atoms with Crippen LogP contribution in [0.5, 0.6) is 0 Å². The van der Waals surface area contributed by atoms with E-state index < -0.39 is 5.91 Å². The van der Waals surface area contributed by atoms with E-state index in [0.717, 1.165) is 41.3 Å². The van der Waals surface area contributed by atoms with Crippen molar-refractivity contribution in [1.82, 2.24) is 0 Å². The van der Waals surface area contributed by atoms with Crippen molar-refractivity contribution in [3.05, 3.63) is 59.2 Å². The Morgan fingerprint density at radius 2 is 1.83 bits per heavy atom. The summed E-state index contributed by atoms with van der Waals surface area (Å²) in [6.07, 6.45) is 1.62. The molecular weight excluding hydrogens is 372 g/mol. The average Bonchev–Trinajstić information content (AvgIpc) is 2.96. The summed E-state index contributed by atoms with van der Waals surface area (Å²) in [6, 6.07) is 15.6. The molecule has 0 aliphatic carbocycles. The zero-order valence-electron chi connectivity index (χ0n) is 18.3. The fourth-order valence-corrected chi connectivity index (χ4v) is 3.61. The minimum absolute atomic E-state index is 0.0674. The highest BCUT2D eigenvalue weighted by molar-refractivity contribution is 6.10. The third-order valence-electron chi connectivity index (χ3n) is 5.82. The summed E-state index contributed by atoms with van der Waals surface area (Å²) >= 11 is 0. The van der Waals surface area contributed by atoms with Crippen LogP contribution in [0.25, 0.3) is 6.08 Å².